The molecule has 32 heavy (non-hydrogen) atoms. The minimum atomic E-state index is -0.239. The molecule has 1 fully saturated rings. The number of aryl methyl sites for hydroxylation is 1. The Balaban J connectivity index is 1.41. The lowest BCUT2D eigenvalue weighted by Crippen LogP contribution is -2.54. The third kappa shape index (κ3) is 3.60. The molecular formula is C22H28N8O2. The number of hydrogen-bond acceptors (Lipinski definition) is 7. The van der Waals surface area contributed by atoms with Crippen LogP contribution in [0, 0.1) is 0 Å². The van der Waals surface area contributed by atoms with Crippen LogP contribution in [-0.4, -0.2) is 64.8 Å². The highest BCUT2D eigenvalue weighted by molar-refractivity contribution is 6.04. The number of rotatable bonds is 3. The normalized spacial score (nSPS) is 20.5. The lowest BCUT2D eigenvalue weighted by molar-refractivity contribution is 0.257. The van der Waals surface area contributed by atoms with Crippen molar-refractivity contribution in [3.05, 3.63) is 30.0 Å². The molecular weight excluding hydrogens is 408 g/mol. The van der Waals surface area contributed by atoms with E-state index in [2.05, 4.69) is 50.6 Å². The number of fused-ring (bicyclic) bond motifs is 2. The van der Waals surface area contributed by atoms with E-state index in [-0.39, 0.29) is 6.03 Å². The number of anilines is 3. The van der Waals surface area contributed by atoms with Gasteiger partial charge in [0.15, 0.2) is 0 Å². The molecule has 2 aromatic heterocycles. The quantitative estimate of drug-likeness (QED) is 0.649. The van der Waals surface area contributed by atoms with E-state index in [4.69, 9.17) is 4.74 Å². The van der Waals surface area contributed by atoms with Crippen molar-refractivity contribution in [1.29, 1.82) is 0 Å². The Morgan fingerprint density at radius 2 is 1.91 bits per heavy atom. The van der Waals surface area contributed by atoms with Crippen LogP contribution in [0.4, 0.5) is 22.0 Å². The van der Waals surface area contributed by atoms with Gasteiger partial charge in [0.2, 0.25) is 0 Å². The number of aromatic nitrogens is 4. The van der Waals surface area contributed by atoms with Crippen molar-refractivity contribution in [3.63, 3.8) is 0 Å². The molecule has 0 aliphatic carbocycles. The molecule has 10 heteroatoms. The zero-order chi connectivity index (χ0) is 22.4. The van der Waals surface area contributed by atoms with Gasteiger partial charge in [-0.2, -0.15) is 15.0 Å². The fraction of sp³-hybridized carbons (Fsp3) is 0.455. The van der Waals surface area contributed by atoms with Crippen molar-refractivity contribution in [3.8, 4) is 5.75 Å². The van der Waals surface area contributed by atoms with Gasteiger partial charge in [-0.15, -0.1) is 0 Å². The van der Waals surface area contributed by atoms with E-state index in [1.807, 2.05) is 0 Å². The fourth-order valence-electron chi connectivity index (χ4n) is 4.79. The van der Waals surface area contributed by atoms with Crippen LogP contribution < -0.4 is 25.2 Å². The number of carbonyl (C=O) groups is 1. The molecule has 0 spiro atoms. The van der Waals surface area contributed by atoms with Crippen molar-refractivity contribution >= 4 is 34.3 Å². The zero-order valence-electron chi connectivity index (χ0n) is 18.8. The Kier molecular flexibility index (Phi) is 5.09. The average molecular weight is 437 g/mol. The smallest absolute Gasteiger partial charge is 0.327 e. The number of ether oxygens (including phenoxy) is 1. The highest BCUT2D eigenvalue weighted by Gasteiger charge is 2.31. The third-order valence-electron chi connectivity index (χ3n) is 6.04. The summed E-state index contributed by atoms with van der Waals surface area (Å²) in [6.07, 6.45) is 2.57. The van der Waals surface area contributed by atoms with E-state index in [1.165, 1.54) is 10.5 Å². The van der Waals surface area contributed by atoms with Gasteiger partial charge >= 0.3 is 6.03 Å². The van der Waals surface area contributed by atoms with Crippen molar-refractivity contribution in [2.24, 2.45) is 7.05 Å². The number of urea groups is 1. The SMILES string of the molecule is COc1cc2nn(C)nc2cc1NC(=O)N1CCc2c(N3C[C@@H](C)N[C@@H](C)C3)ccnc21. The van der Waals surface area contributed by atoms with Gasteiger partial charge in [-0.25, -0.2) is 9.78 Å². The molecule has 4 heterocycles. The Bertz CT molecular complexity index is 1170. The third-order valence-corrected chi connectivity index (χ3v) is 6.04. The Morgan fingerprint density at radius 3 is 2.62 bits per heavy atom. The van der Waals surface area contributed by atoms with Crippen LogP contribution in [0.15, 0.2) is 24.4 Å². The van der Waals surface area contributed by atoms with E-state index in [1.54, 1.807) is 37.4 Å². The van der Waals surface area contributed by atoms with E-state index in [0.717, 1.165) is 30.9 Å². The first-order valence-electron chi connectivity index (χ1n) is 10.9. The number of hydrogen-bond donors (Lipinski definition) is 2. The second-order valence-electron chi connectivity index (χ2n) is 8.57. The fourth-order valence-corrected chi connectivity index (χ4v) is 4.79. The Labute approximate surface area is 186 Å². The molecule has 2 aliphatic heterocycles. The van der Waals surface area contributed by atoms with E-state index < -0.39 is 0 Å². The van der Waals surface area contributed by atoms with Crippen LogP contribution in [0.5, 0.6) is 5.75 Å². The summed E-state index contributed by atoms with van der Waals surface area (Å²) in [5.74, 6) is 1.26. The minimum absolute atomic E-state index is 0.239. The molecule has 2 amide bonds. The molecule has 5 rings (SSSR count). The number of carbonyl (C=O) groups excluding carboxylic acids is 1. The maximum absolute atomic E-state index is 13.2. The van der Waals surface area contributed by atoms with E-state index >= 15 is 0 Å². The molecule has 1 saturated heterocycles. The summed E-state index contributed by atoms with van der Waals surface area (Å²) in [6.45, 7) is 6.85. The standard InChI is InChI=1S/C22H28N8O2/c1-13-11-29(12-14(2)24-13)19-5-7-23-21-15(19)6-8-30(21)22(31)25-18-9-16-17(10-20(18)32-4)27-28(3)26-16/h5,7,9-10,13-14,24H,6,8,11-12H2,1-4H3,(H,25,31)/t13-,14+. The largest absolute Gasteiger partial charge is 0.494 e. The summed E-state index contributed by atoms with van der Waals surface area (Å²) in [4.78, 5) is 23.4. The summed E-state index contributed by atoms with van der Waals surface area (Å²) < 4.78 is 5.48. The highest BCUT2D eigenvalue weighted by atomic mass is 16.5. The second-order valence-corrected chi connectivity index (χ2v) is 8.57. The molecule has 2 N–H and O–H groups in total. The summed E-state index contributed by atoms with van der Waals surface area (Å²) in [6, 6.07) is 6.20. The number of nitrogens with zero attached hydrogens (tertiary/aromatic N) is 6. The van der Waals surface area contributed by atoms with Crippen LogP contribution in [0.25, 0.3) is 11.0 Å². The highest BCUT2D eigenvalue weighted by Crippen LogP contribution is 2.36. The van der Waals surface area contributed by atoms with Crippen LogP contribution >= 0.6 is 0 Å². The van der Waals surface area contributed by atoms with Crippen molar-refractivity contribution in [2.45, 2.75) is 32.4 Å². The molecule has 2 atom stereocenters. The first kappa shape index (κ1) is 20.5. The van der Waals surface area contributed by atoms with Crippen LogP contribution in [0.2, 0.25) is 0 Å². The van der Waals surface area contributed by atoms with Gasteiger partial charge in [0.1, 0.15) is 22.6 Å². The van der Waals surface area contributed by atoms with Gasteiger partial charge < -0.3 is 20.3 Å². The average Bonchev–Trinajstić information content (AvgIpc) is 3.34. The van der Waals surface area contributed by atoms with Gasteiger partial charge in [0.05, 0.1) is 12.8 Å². The minimum Gasteiger partial charge on any atom is -0.494 e. The summed E-state index contributed by atoms with van der Waals surface area (Å²) in [5.41, 5.74) is 4.25. The molecule has 10 nitrogen and oxygen atoms in total. The zero-order valence-corrected chi connectivity index (χ0v) is 18.8. The molecule has 0 bridgehead atoms. The van der Waals surface area contributed by atoms with Crippen molar-refractivity contribution < 1.29 is 9.53 Å². The van der Waals surface area contributed by atoms with Crippen LogP contribution in [-0.2, 0) is 13.5 Å². The van der Waals surface area contributed by atoms with E-state index in [9.17, 15) is 4.79 Å². The molecule has 0 unspecified atom stereocenters. The lowest BCUT2D eigenvalue weighted by Gasteiger charge is -2.38. The van der Waals surface area contributed by atoms with Gasteiger partial charge in [-0.3, -0.25) is 4.90 Å². The molecule has 2 aliphatic rings. The van der Waals surface area contributed by atoms with Gasteiger partial charge in [0, 0.05) is 62.3 Å². The number of amides is 2. The molecule has 168 valence electrons. The summed E-state index contributed by atoms with van der Waals surface area (Å²) in [5, 5.41) is 15.2. The van der Waals surface area contributed by atoms with E-state index in [0.29, 0.717) is 41.1 Å². The number of nitrogens with one attached hydrogen (secondary N) is 2. The molecule has 0 saturated carbocycles. The molecule has 3 aromatic rings. The second kappa shape index (κ2) is 7.94. The molecule has 0 radical (unpaired) electrons. The Hall–Kier alpha value is -3.40. The van der Waals surface area contributed by atoms with Gasteiger partial charge in [0.25, 0.3) is 0 Å². The monoisotopic (exact) mass is 436 g/mol. The van der Waals surface area contributed by atoms with Gasteiger partial charge in [-0.1, -0.05) is 0 Å². The summed E-state index contributed by atoms with van der Waals surface area (Å²) in [7, 11) is 3.33. The molecule has 1 aromatic carbocycles. The number of benzene rings is 1. The lowest BCUT2D eigenvalue weighted by atomic mass is 10.1. The predicted molar refractivity (Wildman–Crippen MR) is 124 cm³/mol. The summed E-state index contributed by atoms with van der Waals surface area (Å²) >= 11 is 0. The van der Waals surface area contributed by atoms with Gasteiger partial charge in [-0.05, 0) is 32.4 Å². The predicted octanol–water partition coefficient (Wildman–Crippen LogP) is 2.15. The van der Waals surface area contributed by atoms with Crippen molar-refractivity contribution in [2.75, 3.05) is 41.9 Å². The number of methoxy groups -OCH3 is 1. The van der Waals surface area contributed by atoms with Crippen molar-refractivity contribution in [1.82, 2.24) is 25.3 Å². The topological polar surface area (TPSA) is 100 Å². The number of pyridine rings is 1. The maximum Gasteiger partial charge on any atom is 0.327 e. The van der Waals surface area contributed by atoms with Crippen LogP contribution in [0.3, 0.4) is 0 Å². The first-order chi connectivity index (χ1) is 15.4. The van der Waals surface area contributed by atoms with Crippen LogP contribution in [0.1, 0.15) is 19.4 Å². The Morgan fingerprint density at radius 1 is 1.19 bits per heavy atom. The number of piperazine rings is 1. The first-order valence-corrected chi connectivity index (χ1v) is 10.9. The maximum atomic E-state index is 13.2.